The monoisotopic (exact) mass is 164 g/mol. The Kier molecular flexibility index (Phi) is 2.85. The van der Waals surface area contributed by atoms with Crippen molar-refractivity contribution >= 4 is 0 Å². The summed E-state index contributed by atoms with van der Waals surface area (Å²) in [5.41, 5.74) is 1.41. The SMILES string of the molecule is CC(C)[C@H](C)c1cccc[n+]1C. The van der Waals surface area contributed by atoms with E-state index in [0.717, 1.165) is 0 Å². The molecule has 0 unspecified atom stereocenters. The Morgan fingerprint density at radius 1 is 1.17 bits per heavy atom. The zero-order valence-electron chi connectivity index (χ0n) is 8.41. The summed E-state index contributed by atoms with van der Waals surface area (Å²) >= 11 is 0. The first-order valence-electron chi connectivity index (χ1n) is 4.57. The molecular weight excluding hydrogens is 146 g/mol. The van der Waals surface area contributed by atoms with Gasteiger partial charge in [-0.15, -0.1) is 0 Å². The molecule has 66 valence electrons. The largest absolute Gasteiger partial charge is 0.205 e. The van der Waals surface area contributed by atoms with E-state index in [1.165, 1.54) is 5.69 Å². The zero-order chi connectivity index (χ0) is 9.14. The summed E-state index contributed by atoms with van der Waals surface area (Å²) in [4.78, 5) is 0. The van der Waals surface area contributed by atoms with E-state index in [4.69, 9.17) is 0 Å². The molecule has 1 aromatic heterocycles. The Morgan fingerprint density at radius 3 is 2.33 bits per heavy atom. The summed E-state index contributed by atoms with van der Waals surface area (Å²) < 4.78 is 2.20. The van der Waals surface area contributed by atoms with E-state index < -0.39 is 0 Å². The highest BCUT2D eigenvalue weighted by atomic mass is 14.9. The van der Waals surface area contributed by atoms with Crippen molar-refractivity contribution in [2.75, 3.05) is 0 Å². The van der Waals surface area contributed by atoms with Gasteiger partial charge in [-0.2, -0.15) is 0 Å². The normalized spacial score (nSPS) is 13.4. The van der Waals surface area contributed by atoms with Gasteiger partial charge in [0.2, 0.25) is 0 Å². The molecule has 0 saturated heterocycles. The van der Waals surface area contributed by atoms with Crippen molar-refractivity contribution in [3.8, 4) is 0 Å². The van der Waals surface area contributed by atoms with Gasteiger partial charge in [-0.3, -0.25) is 0 Å². The molecule has 1 atom stereocenters. The fraction of sp³-hybridized carbons (Fsp3) is 0.545. The molecule has 0 aliphatic carbocycles. The van der Waals surface area contributed by atoms with Gasteiger partial charge in [-0.1, -0.05) is 26.8 Å². The van der Waals surface area contributed by atoms with Crippen molar-refractivity contribution in [1.29, 1.82) is 0 Å². The smallest absolute Gasteiger partial charge is 0.184 e. The molecule has 0 aliphatic rings. The van der Waals surface area contributed by atoms with Crippen molar-refractivity contribution in [3.63, 3.8) is 0 Å². The average Bonchev–Trinajstić information content (AvgIpc) is 2.04. The van der Waals surface area contributed by atoms with Crippen molar-refractivity contribution < 1.29 is 4.57 Å². The minimum absolute atomic E-state index is 0.635. The summed E-state index contributed by atoms with van der Waals surface area (Å²) in [5, 5.41) is 0. The molecule has 0 amide bonds. The number of aryl methyl sites for hydroxylation is 1. The summed E-state index contributed by atoms with van der Waals surface area (Å²) in [6, 6.07) is 6.37. The van der Waals surface area contributed by atoms with Crippen LogP contribution in [0.5, 0.6) is 0 Å². The molecule has 0 spiro atoms. The van der Waals surface area contributed by atoms with Crippen LogP contribution in [-0.4, -0.2) is 0 Å². The maximum atomic E-state index is 2.28. The molecule has 0 saturated carbocycles. The molecule has 0 fully saturated rings. The third-order valence-corrected chi connectivity index (χ3v) is 2.56. The molecule has 0 bridgehead atoms. The summed E-state index contributed by atoms with van der Waals surface area (Å²) in [7, 11) is 2.11. The molecular formula is C11H18N+. The highest BCUT2D eigenvalue weighted by molar-refractivity contribution is 5.03. The average molecular weight is 164 g/mol. The van der Waals surface area contributed by atoms with Crippen molar-refractivity contribution in [2.45, 2.75) is 26.7 Å². The molecule has 1 nitrogen and oxygen atoms in total. The lowest BCUT2D eigenvalue weighted by Crippen LogP contribution is -2.34. The van der Waals surface area contributed by atoms with Gasteiger partial charge in [0.15, 0.2) is 11.9 Å². The molecule has 0 radical (unpaired) electrons. The van der Waals surface area contributed by atoms with Crippen LogP contribution in [0.4, 0.5) is 0 Å². The van der Waals surface area contributed by atoms with Gasteiger partial charge in [-0.05, 0) is 5.92 Å². The Balaban J connectivity index is 2.94. The van der Waals surface area contributed by atoms with E-state index >= 15 is 0 Å². The van der Waals surface area contributed by atoms with E-state index in [2.05, 4.69) is 56.8 Å². The van der Waals surface area contributed by atoms with Crippen molar-refractivity contribution in [1.82, 2.24) is 0 Å². The molecule has 1 aromatic rings. The lowest BCUT2D eigenvalue weighted by molar-refractivity contribution is -0.680. The van der Waals surface area contributed by atoms with Crippen molar-refractivity contribution in [2.24, 2.45) is 13.0 Å². The van der Waals surface area contributed by atoms with Gasteiger partial charge in [-0.25, -0.2) is 4.57 Å². The maximum Gasteiger partial charge on any atom is 0.184 e. The minimum atomic E-state index is 0.635. The second-order valence-corrected chi connectivity index (χ2v) is 3.77. The number of hydrogen-bond donors (Lipinski definition) is 0. The van der Waals surface area contributed by atoms with Crippen LogP contribution >= 0.6 is 0 Å². The first-order valence-corrected chi connectivity index (χ1v) is 4.57. The van der Waals surface area contributed by atoms with Gasteiger partial charge in [0.05, 0.1) is 0 Å². The maximum absolute atomic E-state index is 2.28. The Bertz CT molecular complexity index is 253. The van der Waals surface area contributed by atoms with Crippen molar-refractivity contribution in [3.05, 3.63) is 30.1 Å². The van der Waals surface area contributed by atoms with Crippen LogP contribution < -0.4 is 4.57 Å². The Morgan fingerprint density at radius 2 is 1.83 bits per heavy atom. The number of pyridine rings is 1. The number of aromatic nitrogens is 1. The molecule has 1 heterocycles. The summed E-state index contributed by atoms with van der Waals surface area (Å²) in [6.07, 6.45) is 2.11. The molecule has 1 rings (SSSR count). The first-order chi connectivity index (χ1) is 5.63. The van der Waals surface area contributed by atoms with E-state index in [1.807, 2.05) is 0 Å². The van der Waals surface area contributed by atoms with Crippen LogP contribution in [0.15, 0.2) is 24.4 Å². The second kappa shape index (κ2) is 3.70. The molecule has 0 N–H and O–H groups in total. The topological polar surface area (TPSA) is 3.88 Å². The van der Waals surface area contributed by atoms with Gasteiger partial charge >= 0.3 is 0 Å². The van der Waals surface area contributed by atoms with Crippen LogP contribution in [0.3, 0.4) is 0 Å². The summed E-state index contributed by atoms with van der Waals surface area (Å²) in [5.74, 6) is 1.34. The fourth-order valence-corrected chi connectivity index (χ4v) is 1.35. The quantitative estimate of drug-likeness (QED) is 0.590. The van der Waals surface area contributed by atoms with E-state index in [1.54, 1.807) is 0 Å². The predicted molar refractivity (Wildman–Crippen MR) is 50.9 cm³/mol. The van der Waals surface area contributed by atoms with Crippen LogP contribution in [0.25, 0.3) is 0 Å². The molecule has 12 heavy (non-hydrogen) atoms. The van der Waals surface area contributed by atoms with E-state index in [9.17, 15) is 0 Å². The molecule has 0 aliphatic heterocycles. The van der Waals surface area contributed by atoms with Crippen LogP contribution in [0, 0.1) is 5.92 Å². The number of hydrogen-bond acceptors (Lipinski definition) is 0. The minimum Gasteiger partial charge on any atom is -0.205 e. The molecule has 0 aromatic carbocycles. The third kappa shape index (κ3) is 1.84. The van der Waals surface area contributed by atoms with Crippen LogP contribution in [0.2, 0.25) is 0 Å². The predicted octanol–water partition coefficient (Wildman–Crippen LogP) is 2.27. The summed E-state index contributed by atoms with van der Waals surface area (Å²) in [6.45, 7) is 6.80. The zero-order valence-corrected chi connectivity index (χ0v) is 8.41. The van der Waals surface area contributed by atoms with Crippen LogP contribution in [-0.2, 0) is 7.05 Å². The lowest BCUT2D eigenvalue weighted by atomic mass is 9.94. The van der Waals surface area contributed by atoms with Gasteiger partial charge in [0, 0.05) is 18.1 Å². The lowest BCUT2D eigenvalue weighted by Gasteiger charge is -2.12. The van der Waals surface area contributed by atoms with Gasteiger partial charge in [0.1, 0.15) is 7.05 Å². The molecule has 1 heteroatoms. The first kappa shape index (κ1) is 9.24. The van der Waals surface area contributed by atoms with E-state index in [-0.39, 0.29) is 0 Å². The number of rotatable bonds is 2. The number of nitrogens with zero attached hydrogens (tertiary/aromatic N) is 1. The van der Waals surface area contributed by atoms with Crippen LogP contribution in [0.1, 0.15) is 32.4 Å². The second-order valence-electron chi connectivity index (χ2n) is 3.77. The Labute approximate surface area is 75.1 Å². The van der Waals surface area contributed by atoms with Gasteiger partial charge in [0.25, 0.3) is 0 Å². The highest BCUT2D eigenvalue weighted by Gasteiger charge is 2.17. The third-order valence-electron chi connectivity index (χ3n) is 2.56. The highest BCUT2D eigenvalue weighted by Crippen LogP contribution is 2.19. The van der Waals surface area contributed by atoms with Gasteiger partial charge < -0.3 is 0 Å². The van der Waals surface area contributed by atoms with E-state index in [0.29, 0.717) is 11.8 Å². The standard InChI is InChI=1S/C11H18N/c1-9(2)10(3)11-7-5-6-8-12(11)4/h5-10H,1-4H3/q+1/t10-/m0/s1. The Hall–Kier alpha value is -0.850. The fourth-order valence-electron chi connectivity index (χ4n) is 1.35.